The average Bonchev–Trinajstić information content (AvgIpc) is 3.13. The molecular formula is C14H17NO3. The molecule has 96 valence electrons. The SMILES string of the molecule is COC(=O)c1ccccc1N(C)C(=O)C1CC1C. The molecule has 2 rings (SSSR count). The molecule has 0 bridgehead atoms. The molecule has 0 aromatic heterocycles. The predicted octanol–water partition coefficient (Wildman–Crippen LogP) is 2.09. The molecule has 1 fully saturated rings. The molecule has 0 N–H and O–H groups in total. The minimum atomic E-state index is -0.422. The lowest BCUT2D eigenvalue weighted by Crippen LogP contribution is -2.29. The largest absolute Gasteiger partial charge is 0.465 e. The topological polar surface area (TPSA) is 46.6 Å². The van der Waals surface area contributed by atoms with Crippen molar-refractivity contribution in [2.45, 2.75) is 13.3 Å². The second-order valence-electron chi connectivity index (χ2n) is 4.73. The molecule has 2 atom stereocenters. The van der Waals surface area contributed by atoms with Crippen molar-refractivity contribution in [1.29, 1.82) is 0 Å². The summed E-state index contributed by atoms with van der Waals surface area (Å²) >= 11 is 0. The van der Waals surface area contributed by atoms with Gasteiger partial charge < -0.3 is 9.64 Å². The number of carbonyl (C=O) groups excluding carboxylic acids is 2. The van der Waals surface area contributed by atoms with E-state index >= 15 is 0 Å². The first kappa shape index (κ1) is 12.6. The predicted molar refractivity (Wildman–Crippen MR) is 68.5 cm³/mol. The Hall–Kier alpha value is -1.84. The Labute approximate surface area is 107 Å². The molecule has 1 aliphatic carbocycles. The van der Waals surface area contributed by atoms with Gasteiger partial charge in [0.25, 0.3) is 0 Å². The van der Waals surface area contributed by atoms with E-state index in [-0.39, 0.29) is 11.8 Å². The number of hydrogen-bond acceptors (Lipinski definition) is 3. The van der Waals surface area contributed by atoms with Gasteiger partial charge in [-0.25, -0.2) is 4.79 Å². The van der Waals surface area contributed by atoms with Gasteiger partial charge in [0.15, 0.2) is 0 Å². The highest BCUT2D eigenvalue weighted by Crippen LogP contribution is 2.40. The number of anilines is 1. The molecule has 4 nitrogen and oxygen atoms in total. The molecule has 0 saturated heterocycles. The summed E-state index contributed by atoms with van der Waals surface area (Å²) in [7, 11) is 3.04. The first-order valence-corrected chi connectivity index (χ1v) is 6.01. The van der Waals surface area contributed by atoms with Crippen LogP contribution in [0.1, 0.15) is 23.7 Å². The monoisotopic (exact) mass is 247 g/mol. The smallest absolute Gasteiger partial charge is 0.339 e. The van der Waals surface area contributed by atoms with E-state index in [4.69, 9.17) is 4.74 Å². The molecule has 4 heteroatoms. The number of para-hydroxylation sites is 1. The van der Waals surface area contributed by atoms with Gasteiger partial charge in [0.1, 0.15) is 0 Å². The van der Waals surface area contributed by atoms with Crippen LogP contribution < -0.4 is 4.90 Å². The maximum atomic E-state index is 12.2. The van der Waals surface area contributed by atoms with Crippen LogP contribution in [0.5, 0.6) is 0 Å². The maximum absolute atomic E-state index is 12.2. The lowest BCUT2D eigenvalue weighted by molar-refractivity contribution is -0.119. The van der Waals surface area contributed by atoms with Gasteiger partial charge in [-0.3, -0.25) is 4.79 Å². The van der Waals surface area contributed by atoms with Crippen LogP contribution >= 0.6 is 0 Å². The van der Waals surface area contributed by atoms with Gasteiger partial charge in [-0.1, -0.05) is 19.1 Å². The quantitative estimate of drug-likeness (QED) is 0.768. The van der Waals surface area contributed by atoms with Gasteiger partial charge >= 0.3 is 5.97 Å². The zero-order valence-electron chi connectivity index (χ0n) is 10.8. The molecule has 0 spiro atoms. The number of rotatable bonds is 3. The first-order chi connectivity index (χ1) is 8.56. The summed E-state index contributed by atoms with van der Waals surface area (Å²) in [5.41, 5.74) is 1.03. The van der Waals surface area contributed by atoms with Crippen molar-refractivity contribution in [3.63, 3.8) is 0 Å². The molecule has 0 heterocycles. The summed E-state index contributed by atoms with van der Waals surface area (Å²) in [6.45, 7) is 2.06. The number of amides is 1. The second kappa shape index (κ2) is 4.80. The van der Waals surface area contributed by atoms with E-state index in [2.05, 4.69) is 6.92 Å². The highest BCUT2D eigenvalue weighted by Gasteiger charge is 2.41. The third-order valence-electron chi connectivity index (χ3n) is 3.43. The second-order valence-corrected chi connectivity index (χ2v) is 4.73. The van der Waals surface area contributed by atoms with Crippen molar-refractivity contribution >= 4 is 17.6 Å². The van der Waals surface area contributed by atoms with Crippen LogP contribution in [-0.2, 0) is 9.53 Å². The Balaban J connectivity index is 2.27. The van der Waals surface area contributed by atoms with Gasteiger partial charge in [0.05, 0.1) is 18.4 Å². The van der Waals surface area contributed by atoms with Crippen molar-refractivity contribution in [2.24, 2.45) is 11.8 Å². The molecule has 1 aromatic rings. The molecule has 0 radical (unpaired) electrons. The molecule has 18 heavy (non-hydrogen) atoms. The Bertz CT molecular complexity index is 484. The fourth-order valence-corrected chi connectivity index (χ4v) is 2.08. The summed E-state index contributed by atoms with van der Waals surface area (Å²) in [4.78, 5) is 25.4. The van der Waals surface area contributed by atoms with Crippen LogP contribution in [0.15, 0.2) is 24.3 Å². The molecular weight excluding hydrogens is 230 g/mol. The maximum Gasteiger partial charge on any atom is 0.339 e. The average molecular weight is 247 g/mol. The van der Waals surface area contributed by atoms with Crippen molar-refractivity contribution < 1.29 is 14.3 Å². The number of hydrogen-bond donors (Lipinski definition) is 0. The van der Waals surface area contributed by atoms with E-state index in [9.17, 15) is 9.59 Å². The summed E-state index contributed by atoms with van der Waals surface area (Å²) in [5, 5.41) is 0. The van der Waals surface area contributed by atoms with E-state index < -0.39 is 5.97 Å². The van der Waals surface area contributed by atoms with Crippen molar-refractivity contribution in [3.8, 4) is 0 Å². The zero-order valence-corrected chi connectivity index (χ0v) is 10.8. The van der Waals surface area contributed by atoms with Gasteiger partial charge in [-0.15, -0.1) is 0 Å². The number of benzene rings is 1. The summed E-state index contributed by atoms with van der Waals surface area (Å²) < 4.78 is 4.73. The minimum Gasteiger partial charge on any atom is -0.465 e. The van der Waals surface area contributed by atoms with E-state index in [0.717, 1.165) is 6.42 Å². The number of nitrogens with zero attached hydrogens (tertiary/aromatic N) is 1. The van der Waals surface area contributed by atoms with Crippen LogP contribution in [0.25, 0.3) is 0 Å². The minimum absolute atomic E-state index is 0.0684. The molecule has 2 unspecified atom stereocenters. The van der Waals surface area contributed by atoms with Crippen molar-refractivity contribution in [2.75, 3.05) is 19.1 Å². The highest BCUT2D eigenvalue weighted by molar-refractivity contribution is 6.03. The molecule has 1 saturated carbocycles. The lowest BCUT2D eigenvalue weighted by Gasteiger charge is -2.19. The molecule has 1 aliphatic rings. The fraction of sp³-hybridized carbons (Fsp3) is 0.429. The van der Waals surface area contributed by atoms with Gasteiger partial charge in [0.2, 0.25) is 5.91 Å². The highest BCUT2D eigenvalue weighted by atomic mass is 16.5. The third kappa shape index (κ3) is 2.23. The lowest BCUT2D eigenvalue weighted by atomic mass is 10.1. The molecule has 0 aliphatic heterocycles. The van der Waals surface area contributed by atoms with Crippen LogP contribution in [0.3, 0.4) is 0 Å². The molecule has 1 amide bonds. The number of carbonyl (C=O) groups is 2. The summed E-state index contributed by atoms with van der Waals surface area (Å²) in [6, 6.07) is 6.99. The van der Waals surface area contributed by atoms with Crippen LogP contribution in [0.2, 0.25) is 0 Å². The third-order valence-corrected chi connectivity index (χ3v) is 3.43. The Morgan fingerprint density at radius 1 is 1.33 bits per heavy atom. The van der Waals surface area contributed by atoms with Crippen molar-refractivity contribution in [1.82, 2.24) is 0 Å². The van der Waals surface area contributed by atoms with E-state index in [1.807, 2.05) is 6.07 Å². The van der Waals surface area contributed by atoms with E-state index in [1.54, 1.807) is 30.1 Å². The van der Waals surface area contributed by atoms with E-state index in [1.165, 1.54) is 7.11 Å². The Morgan fingerprint density at radius 2 is 1.94 bits per heavy atom. The summed E-state index contributed by atoms with van der Waals surface area (Å²) in [6.07, 6.45) is 0.934. The van der Waals surface area contributed by atoms with Gasteiger partial charge in [0, 0.05) is 13.0 Å². The van der Waals surface area contributed by atoms with Crippen molar-refractivity contribution in [3.05, 3.63) is 29.8 Å². The van der Waals surface area contributed by atoms with Gasteiger partial charge in [-0.2, -0.15) is 0 Å². The number of methoxy groups -OCH3 is 1. The first-order valence-electron chi connectivity index (χ1n) is 6.01. The number of esters is 1. The number of ether oxygens (including phenoxy) is 1. The van der Waals surface area contributed by atoms with Crippen LogP contribution in [-0.4, -0.2) is 26.0 Å². The molecule has 1 aromatic carbocycles. The normalized spacial score (nSPS) is 21.3. The fourth-order valence-electron chi connectivity index (χ4n) is 2.08. The Kier molecular flexibility index (Phi) is 3.36. The standard InChI is InChI=1S/C14H17NO3/c1-9-8-11(9)13(16)15(2)12-7-5-4-6-10(12)14(17)18-3/h4-7,9,11H,8H2,1-3H3. The van der Waals surface area contributed by atoms with Crippen LogP contribution in [0, 0.1) is 11.8 Å². The van der Waals surface area contributed by atoms with Gasteiger partial charge in [-0.05, 0) is 24.5 Å². The van der Waals surface area contributed by atoms with Crippen LogP contribution in [0.4, 0.5) is 5.69 Å². The van der Waals surface area contributed by atoms with E-state index in [0.29, 0.717) is 17.2 Å². The summed E-state index contributed by atoms with van der Waals surface area (Å²) in [5.74, 6) is 0.193. The zero-order chi connectivity index (χ0) is 13.3. The Morgan fingerprint density at radius 3 is 2.50 bits per heavy atom.